The molecule has 1 aliphatic rings. The van der Waals surface area contributed by atoms with Crippen molar-refractivity contribution in [2.75, 3.05) is 0 Å². The summed E-state index contributed by atoms with van der Waals surface area (Å²) in [6, 6.07) is 5.40. The smallest absolute Gasteiger partial charge is 0.263 e. The van der Waals surface area contributed by atoms with E-state index in [1.54, 1.807) is 6.07 Å². The summed E-state index contributed by atoms with van der Waals surface area (Å²) in [5, 5.41) is 1.92. The van der Waals surface area contributed by atoms with Crippen LogP contribution >= 0.6 is 0 Å². The van der Waals surface area contributed by atoms with Crippen LogP contribution in [-0.2, 0) is 9.59 Å². The van der Waals surface area contributed by atoms with Crippen molar-refractivity contribution in [2.45, 2.75) is 72.4 Å². The molecule has 2 rings (SSSR count). The number of carbonyl (C=O) groups excluding carboxylic acids is 4. The van der Waals surface area contributed by atoms with Crippen LogP contribution in [0.25, 0.3) is 0 Å². The van der Waals surface area contributed by atoms with E-state index in [1.807, 2.05) is 45.1 Å². The van der Waals surface area contributed by atoms with E-state index in [-0.39, 0.29) is 24.5 Å². The minimum Gasteiger partial charge on any atom is -0.298 e. The van der Waals surface area contributed by atoms with Crippen LogP contribution in [0.3, 0.4) is 0 Å². The Labute approximate surface area is 160 Å². The number of rotatable bonds is 5. The van der Waals surface area contributed by atoms with Gasteiger partial charge in [-0.05, 0) is 32.3 Å². The number of aldehydes is 1. The van der Waals surface area contributed by atoms with E-state index in [2.05, 4.69) is 0 Å². The van der Waals surface area contributed by atoms with Crippen molar-refractivity contribution in [3.05, 3.63) is 34.9 Å². The molecule has 1 N–H and O–H groups in total. The second-order valence-electron chi connectivity index (χ2n) is 6.26. The van der Waals surface area contributed by atoms with Crippen LogP contribution < -0.4 is 5.32 Å². The average Bonchev–Trinajstić information content (AvgIpc) is 2.65. The van der Waals surface area contributed by atoms with E-state index in [4.69, 9.17) is 0 Å². The molecule has 2 amide bonds. The molecule has 0 aromatic heterocycles. The number of hydrogen-bond acceptors (Lipinski definition) is 4. The zero-order valence-corrected chi connectivity index (χ0v) is 16.9. The van der Waals surface area contributed by atoms with Crippen LogP contribution in [0.4, 0.5) is 4.39 Å². The molecule has 5 nitrogen and oxygen atoms in total. The molecule has 0 spiro atoms. The highest BCUT2D eigenvalue weighted by molar-refractivity contribution is 6.03. The number of carbonyl (C=O) groups is 4. The Hall–Kier alpha value is -2.37. The molecule has 27 heavy (non-hydrogen) atoms. The molecule has 0 aliphatic carbocycles. The molecule has 1 saturated heterocycles. The van der Waals surface area contributed by atoms with Crippen LogP contribution in [0.5, 0.6) is 0 Å². The van der Waals surface area contributed by atoms with Crippen molar-refractivity contribution >= 4 is 23.9 Å². The van der Waals surface area contributed by atoms with Crippen molar-refractivity contribution in [3.8, 4) is 0 Å². The lowest BCUT2D eigenvalue weighted by Gasteiger charge is -2.22. The number of hydrogen-bond donors (Lipinski definition) is 1. The summed E-state index contributed by atoms with van der Waals surface area (Å²) in [6.07, 6.45) is 3.27. The maximum absolute atomic E-state index is 12.9. The van der Waals surface area contributed by atoms with Gasteiger partial charge in [0.05, 0.1) is 0 Å². The van der Waals surface area contributed by atoms with Gasteiger partial charge in [0.15, 0.2) is 17.7 Å². The summed E-state index contributed by atoms with van der Waals surface area (Å²) in [6.45, 7) is 9.07. The fraction of sp³-hybridized carbons (Fsp3) is 0.524. The molecule has 1 heterocycles. The number of benzene rings is 1. The summed E-state index contributed by atoms with van der Waals surface area (Å²) in [4.78, 5) is 43.7. The van der Waals surface area contributed by atoms with Gasteiger partial charge in [0, 0.05) is 24.0 Å². The molecule has 1 aromatic carbocycles. The van der Waals surface area contributed by atoms with E-state index in [0.29, 0.717) is 17.5 Å². The molecule has 6 heteroatoms. The summed E-state index contributed by atoms with van der Waals surface area (Å²) >= 11 is 0. The predicted octanol–water partition coefficient (Wildman–Crippen LogP) is 4.36. The van der Waals surface area contributed by atoms with Crippen LogP contribution in [-0.4, -0.2) is 29.6 Å². The first-order valence-corrected chi connectivity index (χ1v) is 9.34. The van der Waals surface area contributed by atoms with Gasteiger partial charge in [0.2, 0.25) is 5.91 Å². The monoisotopic (exact) mass is 379 g/mol. The number of amides is 2. The quantitative estimate of drug-likeness (QED) is 0.468. The Kier molecular flexibility index (Phi) is 11.0. The second-order valence-corrected chi connectivity index (χ2v) is 6.26. The van der Waals surface area contributed by atoms with Crippen molar-refractivity contribution in [3.63, 3.8) is 0 Å². The molecule has 1 unspecified atom stereocenters. The van der Waals surface area contributed by atoms with E-state index in [9.17, 15) is 23.6 Å². The third kappa shape index (κ3) is 7.81. The van der Waals surface area contributed by atoms with E-state index < -0.39 is 11.6 Å². The summed E-state index contributed by atoms with van der Waals surface area (Å²) < 4.78 is 12.9. The molecule has 1 aliphatic heterocycles. The van der Waals surface area contributed by atoms with E-state index in [0.717, 1.165) is 24.7 Å². The van der Waals surface area contributed by atoms with Crippen molar-refractivity contribution < 1.29 is 23.6 Å². The highest BCUT2D eigenvalue weighted by atomic mass is 19.1. The maximum atomic E-state index is 12.9. The van der Waals surface area contributed by atoms with Gasteiger partial charge in [-0.1, -0.05) is 45.4 Å². The third-order valence-corrected chi connectivity index (χ3v) is 4.05. The van der Waals surface area contributed by atoms with Gasteiger partial charge in [0.25, 0.3) is 5.91 Å². The Morgan fingerprint density at radius 2 is 1.93 bits per heavy atom. The van der Waals surface area contributed by atoms with Gasteiger partial charge in [-0.15, -0.1) is 0 Å². The topological polar surface area (TPSA) is 80.3 Å². The van der Waals surface area contributed by atoms with Gasteiger partial charge in [-0.3, -0.25) is 24.5 Å². The van der Waals surface area contributed by atoms with Gasteiger partial charge in [-0.2, -0.15) is 0 Å². The number of Topliss-reactive ketones (excluding diaryl/α,β-unsaturated/α-hetero) is 1. The molecular formula is C21H30FNO4. The molecule has 0 saturated carbocycles. The number of nitrogens with one attached hydrogen (secondary N) is 1. The van der Waals surface area contributed by atoms with Crippen molar-refractivity contribution in [1.29, 1.82) is 0 Å². The Balaban J connectivity index is 0.000000488. The van der Waals surface area contributed by atoms with Crippen LogP contribution in [0.1, 0.15) is 86.1 Å². The Morgan fingerprint density at radius 3 is 2.41 bits per heavy atom. The number of ketones is 1. The number of halogens is 1. The summed E-state index contributed by atoms with van der Waals surface area (Å²) in [7, 11) is 0. The predicted molar refractivity (Wildman–Crippen MR) is 104 cm³/mol. The Bertz CT molecular complexity index is 668. The molecule has 1 fully saturated rings. The highest BCUT2D eigenvalue weighted by Crippen LogP contribution is 2.21. The van der Waals surface area contributed by atoms with Gasteiger partial charge in [0.1, 0.15) is 0 Å². The number of imide groups is 1. The first kappa shape index (κ1) is 24.6. The number of unbranched alkanes of at least 4 members (excludes halogenated alkanes) is 1. The largest absolute Gasteiger partial charge is 0.298 e. The zero-order valence-electron chi connectivity index (χ0n) is 16.9. The highest BCUT2D eigenvalue weighted by Gasteiger charge is 2.38. The van der Waals surface area contributed by atoms with Gasteiger partial charge >= 0.3 is 0 Å². The first-order valence-electron chi connectivity index (χ1n) is 9.34. The SMILES string of the molecule is CC.CC1(F)CCC(=O)NC1=O.CCCCC(=O)c1cccc(C)c1C=O. The standard InChI is InChI=1S/C13H16O2.C6H8FNO2.C2H6/c1-3-4-8-13(15)11-7-5-6-10(2)12(11)9-14;1-6(7)3-2-4(9)8-5(6)10;1-2/h5-7,9H,3-4,8H2,1-2H3;2-3H2,1H3,(H,8,9,10);1-2H3. The fourth-order valence-electron chi connectivity index (χ4n) is 2.33. The van der Waals surface area contributed by atoms with Crippen molar-refractivity contribution in [1.82, 2.24) is 5.32 Å². The second kappa shape index (κ2) is 12.1. The van der Waals surface area contributed by atoms with Crippen LogP contribution in [0.15, 0.2) is 18.2 Å². The summed E-state index contributed by atoms with van der Waals surface area (Å²) in [5.74, 6) is -1.13. The van der Waals surface area contributed by atoms with Gasteiger partial charge in [-0.25, -0.2) is 4.39 Å². The number of piperidine rings is 1. The molecule has 0 bridgehead atoms. The lowest BCUT2D eigenvalue weighted by Crippen LogP contribution is -2.48. The molecule has 1 atom stereocenters. The molecular weight excluding hydrogens is 349 g/mol. The fourth-order valence-corrected chi connectivity index (χ4v) is 2.33. The van der Waals surface area contributed by atoms with E-state index >= 15 is 0 Å². The third-order valence-electron chi connectivity index (χ3n) is 4.05. The zero-order chi connectivity index (χ0) is 21.0. The summed E-state index contributed by atoms with van der Waals surface area (Å²) in [5.41, 5.74) is 0.123. The Morgan fingerprint density at radius 1 is 1.30 bits per heavy atom. The molecule has 150 valence electrons. The minimum atomic E-state index is -1.85. The maximum Gasteiger partial charge on any atom is 0.263 e. The van der Waals surface area contributed by atoms with Crippen molar-refractivity contribution in [2.24, 2.45) is 0 Å². The lowest BCUT2D eigenvalue weighted by molar-refractivity contribution is -0.142. The first-order chi connectivity index (χ1) is 12.7. The minimum absolute atomic E-state index is 0.00231. The van der Waals surface area contributed by atoms with Crippen LogP contribution in [0, 0.1) is 6.92 Å². The van der Waals surface area contributed by atoms with Crippen LogP contribution in [0.2, 0.25) is 0 Å². The molecule has 0 radical (unpaired) electrons. The number of aryl methyl sites for hydroxylation is 1. The normalized spacial score (nSPS) is 18.3. The average molecular weight is 379 g/mol. The lowest BCUT2D eigenvalue weighted by atomic mass is 9.97. The molecule has 1 aromatic rings. The van der Waals surface area contributed by atoms with Gasteiger partial charge < -0.3 is 0 Å². The van der Waals surface area contributed by atoms with E-state index in [1.165, 1.54) is 6.92 Å². The number of alkyl halides is 1.